The summed E-state index contributed by atoms with van der Waals surface area (Å²) in [4.78, 5) is 25.5. The molecule has 8 nitrogen and oxygen atoms in total. The summed E-state index contributed by atoms with van der Waals surface area (Å²) >= 11 is 0. The number of fused-ring (bicyclic) bond motifs is 2. The third kappa shape index (κ3) is 4.85. The summed E-state index contributed by atoms with van der Waals surface area (Å²) < 4.78 is 10.9. The minimum Gasteiger partial charge on any atom is -0.497 e. The molecule has 1 N–H and O–H groups in total. The molecule has 2 aromatic carbocycles. The van der Waals surface area contributed by atoms with Crippen molar-refractivity contribution in [3.05, 3.63) is 63.7 Å². The van der Waals surface area contributed by atoms with Crippen LogP contribution < -0.4 is 14.8 Å². The van der Waals surface area contributed by atoms with E-state index in [-0.39, 0.29) is 24.1 Å². The number of carbonyl (C=O) groups is 1. The minimum atomic E-state index is -0.436. The summed E-state index contributed by atoms with van der Waals surface area (Å²) in [6.45, 7) is 0.825. The van der Waals surface area contributed by atoms with Crippen molar-refractivity contribution in [2.45, 2.75) is 56.8 Å². The van der Waals surface area contributed by atoms with Gasteiger partial charge < -0.3 is 14.8 Å². The molecule has 0 aliphatic carbocycles. The van der Waals surface area contributed by atoms with Crippen molar-refractivity contribution < 1.29 is 19.2 Å². The highest BCUT2D eigenvalue weighted by molar-refractivity contribution is 5.79. The molecule has 0 spiro atoms. The highest BCUT2D eigenvalue weighted by atomic mass is 16.6. The van der Waals surface area contributed by atoms with Gasteiger partial charge in [-0.25, -0.2) is 0 Å². The SMILES string of the molecule is COc1ccc(CN2C3CCC2CC(NC(=O)Cc2ccc([N+](=O)[O-])cc2)C3)c(OC)c1. The zero-order chi connectivity index (χ0) is 22.7. The number of nitro groups is 1. The normalized spacial score (nSPS) is 22.4. The van der Waals surface area contributed by atoms with E-state index in [1.165, 1.54) is 12.1 Å². The first-order valence-electron chi connectivity index (χ1n) is 11.0. The molecule has 2 aliphatic heterocycles. The Morgan fingerprint density at radius 3 is 2.38 bits per heavy atom. The molecule has 2 atom stereocenters. The molecule has 2 heterocycles. The number of nitro benzene ring substituents is 1. The quantitative estimate of drug-likeness (QED) is 0.500. The molecule has 1 amide bonds. The number of nitrogens with zero attached hydrogens (tertiary/aromatic N) is 2. The first-order valence-corrected chi connectivity index (χ1v) is 11.0. The molecular formula is C24H29N3O5. The van der Waals surface area contributed by atoms with Crippen molar-refractivity contribution in [2.75, 3.05) is 14.2 Å². The van der Waals surface area contributed by atoms with Crippen molar-refractivity contribution in [2.24, 2.45) is 0 Å². The van der Waals surface area contributed by atoms with Crippen LogP contribution in [0.4, 0.5) is 5.69 Å². The van der Waals surface area contributed by atoms with Crippen molar-refractivity contribution in [3.63, 3.8) is 0 Å². The lowest BCUT2D eigenvalue weighted by molar-refractivity contribution is -0.384. The fourth-order valence-corrected chi connectivity index (χ4v) is 5.03. The van der Waals surface area contributed by atoms with Gasteiger partial charge in [0.2, 0.25) is 5.91 Å². The topological polar surface area (TPSA) is 93.9 Å². The van der Waals surface area contributed by atoms with Crippen LogP contribution in [0, 0.1) is 10.1 Å². The highest BCUT2D eigenvalue weighted by Crippen LogP contribution is 2.38. The van der Waals surface area contributed by atoms with Crippen molar-refractivity contribution in [1.82, 2.24) is 10.2 Å². The van der Waals surface area contributed by atoms with E-state index in [1.807, 2.05) is 12.1 Å². The van der Waals surface area contributed by atoms with Gasteiger partial charge >= 0.3 is 0 Å². The molecule has 8 heteroatoms. The van der Waals surface area contributed by atoms with Gasteiger partial charge in [0.05, 0.1) is 25.6 Å². The number of nitrogens with one attached hydrogen (secondary N) is 1. The molecule has 2 bridgehead atoms. The van der Waals surface area contributed by atoms with Crippen LogP contribution in [0.3, 0.4) is 0 Å². The third-order valence-corrected chi connectivity index (χ3v) is 6.61. The minimum absolute atomic E-state index is 0.0338. The summed E-state index contributed by atoms with van der Waals surface area (Å²) in [7, 11) is 3.33. The molecule has 2 saturated heterocycles. The molecular weight excluding hydrogens is 410 g/mol. The molecule has 32 heavy (non-hydrogen) atoms. The number of rotatable bonds is 8. The van der Waals surface area contributed by atoms with Crippen LogP contribution >= 0.6 is 0 Å². The van der Waals surface area contributed by atoms with Crippen molar-refractivity contribution >= 4 is 11.6 Å². The molecule has 2 fully saturated rings. The van der Waals surface area contributed by atoms with Gasteiger partial charge in [0.25, 0.3) is 5.69 Å². The van der Waals surface area contributed by atoms with Gasteiger partial charge in [-0.15, -0.1) is 0 Å². The number of benzene rings is 2. The van der Waals surface area contributed by atoms with Crippen LogP contribution in [0.2, 0.25) is 0 Å². The van der Waals surface area contributed by atoms with Crippen LogP contribution in [-0.4, -0.2) is 48.1 Å². The van der Waals surface area contributed by atoms with Crippen LogP contribution in [0.25, 0.3) is 0 Å². The van der Waals surface area contributed by atoms with E-state index in [1.54, 1.807) is 26.4 Å². The van der Waals surface area contributed by atoms with Gasteiger partial charge in [-0.2, -0.15) is 0 Å². The second kappa shape index (κ2) is 9.56. The number of piperidine rings is 1. The fourth-order valence-electron chi connectivity index (χ4n) is 5.03. The molecule has 2 aliphatic rings. The average molecular weight is 440 g/mol. The Hall–Kier alpha value is -3.13. The van der Waals surface area contributed by atoms with Gasteiger partial charge in [-0.3, -0.25) is 19.8 Å². The predicted molar refractivity (Wildman–Crippen MR) is 120 cm³/mol. The lowest BCUT2D eigenvalue weighted by atomic mass is 9.96. The summed E-state index contributed by atoms with van der Waals surface area (Å²) in [5.74, 6) is 1.58. The van der Waals surface area contributed by atoms with Gasteiger partial charge in [0.1, 0.15) is 11.5 Å². The van der Waals surface area contributed by atoms with Crippen LogP contribution in [0.1, 0.15) is 36.8 Å². The van der Waals surface area contributed by atoms with Gasteiger partial charge in [-0.1, -0.05) is 18.2 Å². The number of hydrogen-bond donors (Lipinski definition) is 1. The van der Waals surface area contributed by atoms with Crippen LogP contribution in [-0.2, 0) is 17.8 Å². The lowest BCUT2D eigenvalue weighted by Crippen LogP contribution is -2.50. The molecule has 2 unspecified atom stereocenters. The summed E-state index contributed by atoms with van der Waals surface area (Å²) in [6, 6.07) is 13.1. The van der Waals surface area contributed by atoms with Gasteiger partial charge in [0, 0.05) is 48.4 Å². The zero-order valence-corrected chi connectivity index (χ0v) is 18.5. The predicted octanol–water partition coefficient (Wildman–Crippen LogP) is 3.47. The Morgan fingerprint density at radius 1 is 1.09 bits per heavy atom. The van der Waals surface area contributed by atoms with E-state index in [4.69, 9.17) is 9.47 Å². The maximum Gasteiger partial charge on any atom is 0.269 e. The Balaban J connectivity index is 1.34. The molecule has 170 valence electrons. The van der Waals surface area contributed by atoms with E-state index in [2.05, 4.69) is 16.3 Å². The van der Waals surface area contributed by atoms with E-state index in [9.17, 15) is 14.9 Å². The molecule has 0 aromatic heterocycles. The molecule has 4 rings (SSSR count). The number of carbonyl (C=O) groups excluding carboxylic acids is 1. The second-order valence-electron chi connectivity index (χ2n) is 8.57. The first kappa shape index (κ1) is 22.1. The lowest BCUT2D eigenvalue weighted by Gasteiger charge is -2.39. The van der Waals surface area contributed by atoms with E-state index >= 15 is 0 Å². The Morgan fingerprint density at radius 2 is 1.78 bits per heavy atom. The van der Waals surface area contributed by atoms with Gasteiger partial charge in [-0.05, 0) is 37.3 Å². The average Bonchev–Trinajstić information content (AvgIpc) is 3.01. The smallest absolute Gasteiger partial charge is 0.269 e. The van der Waals surface area contributed by atoms with Crippen molar-refractivity contribution in [3.8, 4) is 11.5 Å². The monoisotopic (exact) mass is 439 g/mol. The Kier molecular flexibility index (Phi) is 6.60. The molecule has 0 radical (unpaired) electrons. The van der Waals surface area contributed by atoms with Crippen molar-refractivity contribution in [1.29, 1.82) is 0 Å². The fraction of sp³-hybridized carbons (Fsp3) is 0.458. The second-order valence-corrected chi connectivity index (χ2v) is 8.57. The standard InChI is InChI=1S/C24H29N3O5/c1-31-22-10-5-17(23(14-22)32-2)15-26-20-8-9-21(26)13-18(12-20)25-24(28)11-16-3-6-19(7-4-16)27(29)30/h3-7,10,14,18,20-21H,8-9,11-13,15H2,1-2H3,(H,25,28). The first-order chi connectivity index (χ1) is 15.5. The maximum absolute atomic E-state index is 12.6. The van der Waals surface area contributed by atoms with E-state index in [0.29, 0.717) is 12.1 Å². The Labute approximate surface area is 187 Å². The number of methoxy groups -OCH3 is 2. The third-order valence-electron chi connectivity index (χ3n) is 6.61. The van der Waals surface area contributed by atoms with Crippen LogP contribution in [0.15, 0.2) is 42.5 Å². The Bertz CT molecular complexity index is 964. The van der Waals surface area contributed by atoms with Gasteiger partial charge in [0.15, 0.2) is 0 Å². The van der Waals surface area contributed by atoms with E-state index < -0.39 is 4.92 Å². The number of hydrogen-bond acceptors (Lipinski definition) is 6. The van der Waals surface area contributed by atoms with E-state index in [0.717, 1.165) is 54.9 Å². The largest absolute Gasteiger partial charge is 0.497 e. The zero-order valence-electron chi connectivity index (χ0n) is 18.5. The number of amides is 1. The number of non-ortho nitro benzene ring substituents is 1. The highest BCUT2D eigenvalue weighted by Gasteiger charge is 2.41. The van der Waals surface area contributed by atoms with Crippen LogP contribution in [0.5, 0.6) is 11.5 Å². The molecule has 2 aromatic rings. The summed E-state index contributed by atoms with van der Waals surface area (Å²) in [5, 5.41) is 14.0. The molecule has 0 saturated carbocycles. The number of ether oxygens (including phenoxy) is 2. The maximum atomic E-state index is 12.6. The summed E-state index contributed by atoms with van der Waals surface area (Å²) in [6.07, 6.45) is 4.37. The summed E-state index contributed by atoms with van der Waals surface area (Å²) in [5.41, 5.74) is 1.96.